The molecule has 3 rings (SSSR count). The van der Waals surface area contributed by atoms with Crippen LogP contribution in [0.2, 0.25) is 0 Å². The Hall–Kier alpha value is -1.86. The van der Waals surface area contributed by atoms with E-state index in [0.29, 0.717) is 25.4 Å². The maximum atomic E-state index is 13.2. The SMILES string of the molecule is O=C(NCCN1CCOCC1)N1CCC[C@H](COc2cccc(F)c2)C1. The molecule has 2 aliphatic heterocycles. The molecule has 0 unspecified atom stereocenters. The smallest absolute Gasteiger partial charge is 0.317 e. The van der Waals surface area contributed by atoms with E-state index in [0.717, 1.165) is 52.2 Å². The molecule has 0 radical (unpaired) electrons. The molecular weight excluding hydrogens is 337 g/mol. The second-order valence-electron chi connectivity index (χ2n) is 6.91. The average molecular weight is 365 g/mol. The lowest BCUT2D eigenvalue weighted by Gasteiger charge is -2.33. The summed E-state index contributed by atoms with van der Waals surface area (Å²) in [7, 11) is 0. The number of halogens is 1. The lowest BCUT2D eigenvalue weighted by molar-refractivity contribution is 0.0385. The van der Waals surface area contributed by atoms with Gasteiger partial charge in [-0.15, -0.1) is 0 Å². The lowest BCUT2D eigenvalue weighted by atomic mass is 9.99. The zero-order valence-corrected chi connectivity index (χ0v) is 15.2. The number of nitrogens with one attached hydrogen (secondary N) is 1. The summed E-state index contributed by atoms with van der Waals surface area (Å²) in [5.41, 5.74) is 0. The standard InChI is InChI=1S/C19H28FN3O3/c20-17-4-1-5-18(13-17)26-15-16-3-2-7-23(14-16)19(24)21-6-8-22-9-11-25-12-10-22/h1,4-5,13,16H,2-3,6-12,14-15H2,(H,21,24)/t16-/m0/s1. The molecule has 2 amide bonds. The first kappa shape index (κ1) is 18.9. The minimum absolute atomic E-state index is 0.00582. The molecule has 1 aromatic rings. The number of rotatable bonds is 6. The third kappa shape index (κ3) is 5.85. The molecular formula is C19H28FN3O3. The van der Waals surface area contributed by atoms with Crippen molar-refractivity contribution in [2.24, 2.45) is 5.92 Å². The van der Waals surface area contributed by atoms with E-state index in [1.54, 1.807) is 12.1 Å². The fourth-order valence-corrected chi connectivity index (χ4v) is 3.41. The molecule has 2 fully saturated rings. The highest BCUT2D eigenvalue weighted by Gasteiger charge is 2.24. The Labute approximate surface area is 154 Å². The lowest BCUT2D eigenvalue weighted by Crippen LogP contribution is -2.48. The number of amides is 2. The van der Waals surface area contributed by atoms with E-state index in [4.69, 9.17) is 9.47 Å². The van der Waals surface area contributed by atoms with Gasteiger partial charge in [-0.25, -0.2) is 9.18 Å². The summed E-state index contributed by atoms with van der Waals surface area (Å²) < 4.78 is 24.2. The van der Waals surface area contributed by atoms with E-state index < -0.39 is 0 Å². The van der Waals surface area contributed by atoms with E-state index in [9.17, 15) is 9.18 Å². The second-order valence-corrected chi connectivity index (χ2v) is 6.91. The predicted molar refractivity (Wildman–Crippen MR) is 96.8 cm³/mol. The van der Waals surface area contributed by atoms with Crippen molar-refractivity contribution in [3.8, 4) is 5.75 Å². The number of piperidine rings is 1. The summed E-state index contributed by atoms with van der Waals surface area (Å²) in [6, 6.07) is 6.17. The predicted octanol–water partition coefficient (Wildman–Crippen LogP) is 1.96. The van der Waals surface area contributed by atoms with Crippen LogP contribution in [0, 0.1) is 11.7 Å². The molecule has 0 saturated carbocycles. The highest BCUT2D eigenvalue weighted by molar-refractivity contribution is 5.74. The van der Waals surface area contributed by atoms with Gasteiger partial charge in [0.25, 0.3) is 0 Å². The Bertz CT molecular complexity index is 581. The van der Waals surface area contributed by atoms with Crippen LogP contribution in [0.15, 0.2) is 24.3 Å². The first-order valence-electron chi connectivity index (χ1n) is 9.42. The van der Waals surface area contributed by atoms with Gasteiger partial charge in [0, 0.05) is 51.3 Å². The summed E-state index contributed by atoms with van der Waals surface area (Å²) in [6.07, 6.45) is 1.99. The van der Waals surface area contributed by atoms with Crippen LogP contribution < -0.4 is 10.1 Å². The normalized spacial score (nSPS) is 21.4. The second kappa shape index (κ2) is 9.73. The molecule has 6 nitrogen and oxygen atoms in total. The van der Waals surface area contributed by atoms with Gasteiger partial charge < -0.3 is 19.7 Å². The molecule has 144 valence electrons. The summed E-state index contributed by atoms with van der Waals surface area (Å²) in [4.78, 5) is 16.6. The number of likely N-dealkylation sites (tertiary alicyclic amines) is 1. The van der Waals surface area contributed by atoms with Crippen LogP contribution >= 0.6 is 0 Å². The van der Waals surface area contributed by atoms with Gasteiger partial charge in [-0.3, -0.25) is 4.90 Å². The Morgan fingerprint density at radius 3 is 2.96 bits per heavy atom. The van der Waals surface area contributed by atoms with E-state index in [1.165, 1.54) is 12.1 Å². The van der Waals surface area contributed by atoms with Crippen LogP contribution in [0.25, 0.3) is 0 Å². The molecule has 26 heavy (non-hydrogen) atoms. The van der Waals surface area contributed by atoms with Crippen molar-refractivity contribution >= 4 is 6.03 Å². The van der Waals surface area contributed by atoms with E-state index in [2.05, 4.69) is 10.2 Å². The van der Waals surface area contributed by atoms with Crippen molar-refractivity contribution in [3.05, 3.63) is 30.1 Å². The molecule has 2 aliphatic rings. The average Bonchev–Trinajstić information content (AvgIpc) is 2.67. The van der Waals surface area contributed by atoms with Crippen LogP contribution in [0.1, 0.15) is 12.8 Å². The number of hydrogen-bond donors (Lipinski definition) is 1. The van der Waals surface area contributed by atoms with Crippen LogP contribution in [0.3, 0.4) is 0 Å². The first-order chi connectivity index (χ1) is 12.7. The number of nitrogens with zero attached hydrogens (tertiary/aromatic N) is 2. The van der Waals surface area contributed by atoms with Crippen LogP contribution in [0.4, 0.5) is 9.18 Å². The van der Waals surface area contributed by atoms with Crippen molar-refractivity contribution in [1.29, 1.82) is 0 Å². The third-order valence-corrected chi connectivity index (χ3v) is 4.90. The van der Waals surface area contributed by atoms with Crippen molar-refractivity contribution in [2.75, 3.05) is 59.1 Å². The summed E-state index contributed by atoms with van der Waals surface area (Å²) in [5, 5.41) is 3.02. The Morgan fingerprint density at radius 1 is 1.31 bits per heavy atom. The fraction of sp³-hybridized carbons (Fsp3) is 0.632. The van der Waals surface area contributed by atoms with Crippen molar-refractivity contribution in [2.45, 2.75) is 12.8 Å². The van der Waals surface area contributed by atoms with E-state index in [-0.39, 0.29) is 17.8 Å². The van der Waals surface area contributed by atoms with E-state index in [1.807, 2.05) is 4.90 Å². The Kier molecular flexibility index (Phi) is 7.08. The minimum Gasteiger partial charge on any atom is -0.493 e. The zero-order chi connectivity index (χ0) is 18.2. The molecule has 0 aromatic heterocycles. The van der Waals surface area contributed by atoms with Gasteiger partial charge in [0.2, 0.25) is 0 Å². The van der Waals surface area contributed by atoms with E-state index >= 15 is 0 Å². The quantitative estimate of drug-likeness (QED) is 0.837. The first-order valence-corrected chi connectivity index (χ1v) is 9.42. The van der Waals surface area contributed by atoms with Gasteiger partial charge in [0.1, 0.15) is 11.6 Å². The highest BCUT2D eigenvalue weighted by atomic mass is 19.1. The van der Waals surface area contributed by atoms with Crippen LogP contribution in [-0.2, 0) is 4.74 Å². The monoisotopic (exact) mass is 365 g/mol. The maximum Gasteiger partial charge on any atom is 0.317 e. The molecule has 2 saturated heterocycles. The number of ether oxygens (including phenoxy) is 2. The zero-order valence-electron chi connectivity index (χ0n) is 15.2. The summed E-state index contributed by atoms with van der Waals surface area (Å²) in [5.74, 6) is 0.515. The molecule has 7 heteroatoms. The number of morpholine rings is 1. The maximum absolute atomic E-state index is 13.2. The number of urea groups is 1. The molecule has 1 aromatic carbocycles. The molecule has 0 spiro atoms. The Balaban J connectivity index is 1.37. The number of hydrogen-bond acceptors (Lipinski definition) is 4. The van der Waals surface area contributed by atoms with Gasteiger partial charge in [0.05, 0.1) is 19.8 Å². The van der Waals surface area contributed by atoms with Gasteiger partial charge in [-0.2, -0.15) is 0 Å². The van der Waals surface area contributed by atoms with Crippen LogP contribution in [0.5, 0.6) is 5.75 Å². The highest BCUT2D eigenvalue weighted by Crippen LogP contribution is 2.19. The third-order valence-electron chi connectivity index (χ3n) is 4.90. The minimum atomic E-state index is -0.299. The van der Waals surface area contributed by atoms with Gasteiger partial charge in [-0.05, 0) is 25.0 Å². The van der Waals surface area contributed by atoms with Crippen molar-refractivity contribution < 1.29 is 18.7 Å². The largest absolute Gasteiger partial charge is 0.493 e. The van der Waals surface area contributed by atoms with Crippen molar-refractivity contribution in [3.63, 3.8) is 0 Å². The Morgan fingerprint density at radius 2 is 2.15 bits per heavy atom. The summed E-state index contributed by atoms with van der Waals surface area (Å²) in [6.45, 7) is 6.87. The molecule has 1 atom stereocenters. The van der Waals surface area contributed by atoms with Gasteiger partial charge in [0.15, 0.2) is 0 Å². The van der Waals surface area contributed by atoms with Gasteiger partial charge in [-0.1, -0.05) is 6.07 Å². The number of carbonyl (C=O) groups excluding carboxylic acids is 1. The molecule has 1 N–H and O–H groups in total. The van der Waals surface area contributed by atoms with Crippen LogP contribution in [-0.4, -0.2) is 74.9 Å². The summed E-state index contributed by atoms with van der Waals surface area (Å²) >= 11 is 0. The topological polar surface area (TPSA) is 54.0 Å². The molecule has 0 bridgehead atoms. The van der Waals surface area contributed by atoms with Crippen molar-refractivity contribution in [1.82, 2.24) is 15.1 Å². The van der Waals surface area contributed by atoms with Gasteiger partial charge >= 0.3 is 6.03 Å². The fourth-order valence-electron chi connectivity index (χ4n) is 3.41. The number of carbonyl (C=O) groups is 1. The number of benzene rings is 1. The molecule has 2 heterocycles. The molecule has 0 aliphatic carbocycles.